The standard InChI is InChI=1S/C15H15N5O/c1-8-4-10(3)12(16)11(5-8)15-19-14(20-21-15)13-17-6-9(2)7-18-13/h4-7H,16H2,1-3H3. The first kappa shape index (κ1) is 13.2. The lowest BCUT2D eigenvalue weighted by molar-refractivity contribution is 0.432. The van der Waals surface area contributed by atoms with Crippen LogP contribution in [0.3, 0.4) is 0 Å². The minimum atomic E-state index is 0.351. The van der Waals surface area contributed by atoms with E-state index < -0.39 is 0 Å². The highest BCUT2D eigenvalue weighted by Crippen LogP contribution is 2.29. The number of hydrogen-bond donors (Lipinski definition) is 1. The van der Waals surface area contributed by atoms with Crippen molar-refractivity contribution in [3.05, 3.63) is 41.2 Å². The molecule has 2 N–H and O–H groups in total. The summed E-state index contributed by atoms with van der Waals surface area (Å²) in [7, 11) is 0. The van der Waals surface area contributed by atoms with Gasteiger partial charge >= 0.3 is 0 Å². The molecule has 0 saturated heterocycles. The van der Waals surface area contributed by atoms with Crippen LogP contribution in [0.15, 0.2) is 29.0 Å². The highest BCUT2D eigenvalue weighted by Gasteiger charge is 2.16. The second-order valence-corrected chi connectivity index (χ2v) is 5.05. The van der Waals surface area contributed by atoms with Crippen LogP contribution in [-0.4, -0.2) is 20.1 Å². The minimum Gasteiger partial charge on any atom is -0.398 e. The van der Waals surface area contributed by atoms with E-state index >= 15 is 0 Å². The van der Waals surface area contributed by atoms with Crippen molar-refractivity contribution in [2.24, 2.45) is 0 Å². The summed E-state index contributed by atoms with van der Waals surface area (Å²) in [5, 5.41) is 3.93. The van der Waals surface area contributed by atoms with Crippen LogP contribution in [0.4, 0.5) is 5.69 Å². The fourth-order valence-corrected chi connectivity index (χ4v) is 2.09. The summed E-state index contributed by atoms with van der Waals surface area (Å²) in [4.78, 5) is 12.7. The first-order valence-electron chi connectivity index (χ1n) is 6.54. The molecule has 3 rings (SSSR count). The Hall–Kier alpha value is -2.76. The Kier molecular flexibility index (Phi) is 3.13. The molecule has 0 radical (unpaired) electrons. The van der Waals surface area contributed by atoms with Gasteiger partial charge in [-0.1, -0.05) is 11.2 Å². The van der Waals surface area contributed by atoms with Crippen molar-refractivity contribution in [1.29, 1.82) is 0 Å². The fourth-order valence-electron chi connectivity index (χ4n) is 2.09. The van der Waals surface area contributed by atoms with Crippen molar-refractivity contribution in [2.75, 3.05) is 5.73 Å². The van der Waals surface area contributed by atoms with Gasteiger partial charge in [-0.15, -0.1) is 0 Å². The molecule has 2 heterocycles. The van der Waals surface area contributed by atoms with Gasteiger partial charge in [0, 0.05) is 18.1 Å². The number of hydrogen-bond acceptors (Lipinski definition) is 6. The molecule has 0 bridgehead atoms. The predicted octanol–water partition coefficient (Wildman–Crippen LogP) is 2.70. The molecule has 106 valence electrons. The van der Waals surface area contributed by atoms with Crippen molar-refractivity contribution < 1.29 is 4.52 Å². The molecular formula is C15H15N5O. The van der Waals surface area contributed by atoms with E-state index in [-0.39, 0.29) is 0 Å². The average Bonchev–Trinajstić information content (AvgIpc) is 2.93. The van der Waals surface area contributed by atoms with E-state index in [2.05, 4.69) is 20.1 Å². The number of aryl methyl sites for hydroxylation is 3. The number of anilines is 1. The summed E-state index contributed by atoms with van der Waals surface area (Å²) in [6.45, 7) is 5.87. The Morgan fingerprint density at radius 2 is 1.67 bits per heavy atom. The van der Waals surface area contributed by atoms with Crippen molar-refractivity contribution in [3.63, 3.8) is 0 Å². The third kappa shape index (κ3) is 2.47. The number of nitrogens with two attached hydrogens (primary N) is 1. The van der Waals surface area contributed by atoms with Gasteiger partial charge in [-0.25, -0.2) is 9.97 Å². The van der Waals surface area contributed by atoms with Crippen LogP contribution in [0.5, 0.6) is 0 Å². The summed E-state index contributed by atoms with van der Waals surface area (Å²) >= 11 is 0. The number of aromatic nitrogens is 4. The quantitative estimate of drug-likeness (QED) is 0.726. The largest absolute Gasteiger partial charge is 0.398 e. The van der Waals surface area contributed by atoms with Crippen LogP contribution in [0, 0.1) is 20.8 Å². The highest BCUT2D eigenvalue weighted by atomic mass is 16.5. The van der Waals surface area contributed by atoms with E-state index in [1.807, 2.05) is 32.9 Å². The molecule has 0 unspecified atom stereocenters. The SMILES string of the molecule is Cc1cnc(-c2noc(-c3cc(C)cc(C)c3N)n2)nc1. The second kappa shape index (κ2) is 4.97. The Morgan fingerprint density at radius 1 is 0.952 bits per heavy atom. The van der Waals surface area contributed by atoms with E-state index in [4.69, 9.17) is 10.3 Å². The third-order valence-corrected chi connectivity index (χ3v) is 3.17. The van der Waals surface area contributed by atoms with Crippen LogP contribution < -0.4 is 5.73 Å². The van der Waals surface area contributed by atoms with Gasteiger partial charge in [0.15, 0.2) is 0 Å². The van der Waals surface area contributed by atoms with Crippen molar-refractivity contribution in [1.82, 2.24) is 20.1 Å². The van der Waals surface area contributed by atoms with Crippen molar-refractivity contribution in [3.8, 4) is 23.1 Å². The lowest BCUT2D eigenvalue weighted by Crippen LogP contribution is -1.95. The molecule has 1 aromatic carbocycles. The normalized spacial score (nSPS) is 10.8. The number of rotatable bonds is 2. The smallest absolute Gasteiger partial charge is 0.260 e. The number of nitrogen functional groups attached to an aromatic ring is 1. The molecule has 0 aliphatic carbocycles. The van der Waals surface area contributed by atoms with E-state index in [1.54, 1.807) is 12.4 Å². The lowest BCUT2D eigenvalue weighted by atomic mass is 10.0. The maximum absolute atomic E-state index is 6.09. The van der Waals surface area contributed by atoms with Gasteiger partial charge in [0.1, 0.15) is 0 Å². The topological polar surface area (TPSA) is 90.7 Å². The van der Waals surface area contributed by atoms with Gasteiger partial charge in [-0.05, 0) is 43.5 Å². The molecule has 0 fully saturated rings. The molecule has 21 heavy (non-hydrogen) atoms. The first-order valence-corrected chi connectivity index (χ1v) is 6.54. The maximum atomic E-state index is 6.09. The highest BCUT2D eigenvalue weighted by molar-refractivity contribution is 5.74. The molecule has 0 aliphatic rings. The molecule has 0 saturated carbocycles. The molecule has 6 nitrogen and oxygen atoms in total. The van der Waals surface area contributed by atoms with E-state index in [0.29, 0.717) is 23.2 Å². The molecule has 0 amide bonds. The summed E-state index contributed by atoms with van der Waals surface area (Å²) in [5.41, 5.74) is 10.5. The van der Waals surface area contributed by atoms with Gasteiger partial charge in [0.05, 0.1) is 5.56 Å². The molecule has 0 atom stereocenters. The summed E-state index contributed by atoms with van der Waals surface area (Å²) in [5.74, 6) is 1.15. The second-order valence-electron chi connectivity index (χ2n) is 5.05. The molecule has 0 aliphatic heterocycles. The van der Waals surface area contributed by atoms with Gasteiger partial charge in [-0.3, -0.25) is 0 Å². The lowest BCUT2D eigenvalue weighted by Gasteiger charge is -2.06. The Labute approximate surface area is 122 Å². The predicted molar refractivity (Wildman–Crippen MR) is 79.4 cm³/mol. The number of nitrogens with zero attached hydrogens (tertiary/aromatic N) is 4. The molecule has 0 spiro atoms. The van der Waals surface area contributed by atoms with Crippen LogP contribution in [0.1, 0.15) is 16.7 Å². The van der Waals surface area contributed by atoms with Gasteiger partial charge < -0.3 is 10.3 Å². The Balaban J connectivity index is 2.04. The van der Waals surface area contributed by atoms with Crippen LogP contribution >= 0.6 is 0 Å². The first-order chi connectivity index (χ1) is 10.0. The third-order valence-electron chi connectivity index (χ3n) is 3.17. The van der Waals surface area contributed by atoms with Gasteiger partial charge in [0.2, 0.25) is 11.6 Å². The van der Waals surface area contributed by atoms with E-state index in [1.165, 1.54) is 0 Å². The zero-order valence-corrected chi connectivity index (χ0v) is 12.1. The van der Waals surface area contributed by atoms with Crippen LogP contribution in [0.2, 0.25) is 0 Å². The van der Waals surface area contributed by atoms with Gasteiger partial charge in [-0.2, -0.15) is 4.98 Å². The summed E-state index contributed by atoms with van der Waals surface area (Å²) < 4.78 is 5.31. The fraction of sp³-hybridized carbons (Fsp3) is 0.200. The van der Waals surface area contributed by atoms with Gasteiger partial charge in [0.25, 0.3) is 5.89 Å². The summed E-state index contributed by atoms with van der Waals surface area (Å²) in [6, 6.07) is 3.94. The molecule has 2 aromatic heterocycles. The molecule has 3 aromatic rings. The number of benzene rings is 1. The average molecular weight is 281 g/mol. The van der Waals surface area contributed by atoms with Crippen LogP contribution in [0.25, 0.3) is 23.1 Å². The monoisotopic (exact) mass is 281 g/mol. The van der Waals surface area contributed by atoms with Crippen molar-refractivity contribution in [2.45, 2.75) is 20.8 Å². The zero-order chi connectivity index (χ0) is 15.0. The minimum absolute atomic E-state index is 0.351. The Bertz CT molecular complexity index is 792. The molecule has 6 heteroatoms. The zero-order valence-electron chi connectivity index (χ0n) is 12.1. The van der Waals surface area contributed by atoms with Crippen LogP contribution in [-0.2, 0) is 0 Å². The maximum Gasteiger partial charge on any atom is 0.260 e. The van der Waals surface area contributed by atoms with Crippen molar-refractivity contribution >= 4 is 5.69 Å². The molecular weight excluding hydrogens is 266 g/mol. The Morgan fingerprint density at radius 3 is 2.38 bits per heavy atom. The van der Waals surface area contributed by atoms with E-state index in [0.717, 1.165) is 22.3 Å². The summed E-state index contributed by atoms with van der Waals surface area (Å²) in [6.07, 6.45) is 3.42. The van der Waals surface area contributed by atoms with E-state index in [9.17, 15) is 0 Å².